The summed E-state index contributed by atoms with van der Waals surface area (Å²) in [5.41, 5.74) is 4.86. The molecule has 1 aromatic heterocycles. The van der Waals surface area contributed by atoms with Crippen LogP contribution in [0.25, 0.3) is 11.4 Å². The van der Waals surface area contributed by atoms with Crippen LogP contribution in [0.5, 0.6) is 0 Å². The van der Waals surface area contributed by atoms with Gasteiger partial charge in [0.05, 0.1) is 17.9 Å². The van der Waals surface area contributed by atoms with Gasteiger partial charge in [-0.2, -0.15) is 5.10 Å². The topological polar surface area (TPSA) is 112 Å². The number of aromatic nitrogens is 3. The number of aryl methyl sites for hydroxylation is 1. The number of thioether (sulfide) groups is 1. The van der Waals surface area contributed by atoms with Crippen molar-refractivity contribution in [1.82, 2.24) is 20.2 Å². The molecule has 3 rings (SSSR count). The number of nitrogens with one attached hydrogen (secondary N) is 1. The van der Waals surface area contributed by atoms with E-state index in [1.54, 1.807) is 18.2 Å². The fraction of sp³-hybridized carbons (Fsp3) is 0.190. The number of hydrogen-bond acceptors (Lipinski definition) is 7. The lowest BCUT2D eigenvalue weighted by atomic mass is 10.1. The maximum absolute atomic E-state index is 12.1. The summed E-state index contributed by atoms with van der Waals surface area (Å²) in [5, 5.41) is 24.0. The summed E-state index contributed by atoms with van der Waals surface area (Å²) in [7, 11) is 0. The van der Waals surface area contributed by atoms with Crippen LogP contribution in [-0.2, 0) is 11.3 Å². The Morgan fingerprint density at radius 1 is 1.17 bits per heavy atom. The Morgan fingerprint density at radius 3 is 2.60 bits per heavy atom. The van der Waals surface area contributed by atoms with Crippen LogP contribution >= 0.6 is 11.8 Å². The molecular weight excluding hydrogens is 402 g/mol. The van der Waals surface area contributed by atoms with Gasteiger partial charge in [-0.25, -0.2) is 5.43 Å². The van der Waals surface area contributed by atoms with E-state index in [1.165, 1.54) is 24.0 Å². The molecule has 3 aromatic rings. The van der Waals surface area contributed by atoms with Gasteiger partial charge in [0, 0.05) is 23.2 Å². The van der Waals surface area contributed by atoms with Gasteiger partial charge in [-0.05, 0) is 13.8 Å². The first-order valence-corrected chi connectivity index (χ1v) is 10.2. The van der Waals surface area contributed by atoms with Crippen molar-refractivity contribution in [2.45, 2.75) is 25.5 Å². The van der Waals surface area contributed by atoms with E-state index in [0.29, 0.717) is 17.3 Å². The lowest BCUT2D eigenvalue weighted by Gasteiger charge is -2.07. The zero-order valence-electron chi connectivity index (χ0n) is 16.5. The molecule has 1 amide bonds. The van der Waals surface area contributed by atoms with Crippen molar-refractivity contribution >= 4 is 29.9 Å². The van der Waals surface area contributed by atoms with Gasteiger partial charge in [-0.1, -0.05) is 65.9 Å². The second-order valence-corrected chi connectivity index (χ2v) is 7.32. The van der Waals surface area contributed by atoms with Gasteiger partial charge in [0.15, 0.2) is 11.0 Å². The van der Waals surface area contributed by atoms with Crippen molar-refractivity contribution in [1.29, 1.82) is 0 Å². The van der Waals surface area contributed by atoms with E-state index in [1.807, 2.05) is 42.7 Å². The summed E-state index contributed by atoms with van der Waals surface area (Å²) in [6.07, 6.45) is 1.28. The molecule has 0 unspecified atom stereocenters. The number of amides is 1. The summed E-state index contributed by atoms with van der Waals surface area (Å²) < 4.78 is 1.95. The summed E-state index contributed by atoms with van der Waals surface area (Å²) in [6.45, 7) is 4.68. The van der Waals surface area contributed by atoms with Crippen LogP contribution in [0.2, 0.25) is 0 Å². The van der Waals surface area contributed by atoms with Crippen LogP contribution in [-0.4, -0.2) is 38.6 Å². The normalized spacial score (nSPS) is 11.0. The minimum absolute atomic E-state index is 0.00422. The first kappa shape index (κ1) is 21.3. The molecule has 2 aromatic carbocycles. The van der Waals surface area contributed by atoms with E-state index in [9.17, 15) is 14.7 Å². The number of nitrogens with zero attached hydrogens (tertiary/aromatic N) is 4. The SMILES string of the molecule is CCn1c(SCC(=O)N/N=C\c2ccccc2C(=O)[O-])nnc1-c1ccc(C)cc1. The summed E-state index contributed by atoms with van der Waals surface area (Å²) in [5.74, 6) is -0.810. The summed E-state index contributed by atoms with van der Waals surface area (Å²) in [4.78, 5) is 23.2. The van der Waals surface area contributed by atoms with Crippen LogP contribution in [0.3, 0.4) is 0 Å². The van der Waals surface area contributed by atoms with Crippen molar-refractivity contribution in [2.24, 2.45) is 5.10 Å². The first-order chi connectivity index (χ1) is 14.5. The minimum Gasteiger partial charge on any atom is -0.545 e. The predicted octanol–water partition coefficient (Wildman–Crippen LogP) is 1.88. The zero-order valence-corrected chi connectivity index (χ0v) is 17.3. The van der Waals surface area contributed by atoms with Crippen LogP contribution in [0, 0.1) is 6.92 Å². The summed E-state index contributed by atoms with van der Waals surface area (Å²) >= 11 is 1.25. The molecule has 0 spiro atoms. The molecule has 1 heterocycles. The standard InChI is InChI=1S/C21H21N5O3S/c1-3-26-19(15-10-8-14(2)9-11-15)24-25-21(26)30-13-18(27)23-22-12-16-6-4-5-7-17(16)20(28)29/h4-12H,3,13H2,1-2H3,(H,23,27)(H,28,29)/p-1/b22-12-. The van der Waals surface area contributed by atoms with Gasteiger partial charge < -0.3 is 14.5 Å². The lowest BCUT2D eigenvalue weighted by Crippen LogP contribution is -2.24. The quantitative estimate of drug-likeness (QED) is 0.337. The number of hydrogen-bond donors (Lipinski definition) is 1. The number of aromatic carboxylic acids is 1. The van der Waals surface area contributed by atoms with Gasteiger partial charge in [-0.3, -0.25) is 4.79 Å². The fourth-order valence-corrected chi connectivity index (χ4v) is 3.52. The Hall–Kier alpha value is -3.46. The Morgan fingerprint density at radius 2 is 1.90 bits per heavy atom. The molecule has 0 aliphatic carbocycles. The third-order valence-electron chi connectivity index (χ3n) is 4.25. The molecule has 8 nitrogen and oxygen atoms in total. The Labute approximate surface area is 178 Å². The van der Waals surface area contributed by atoms with Crippen molar-refractivity contribution in [3.05, 3.63) is 65.2 Å². The van der Waals surface area contributed by atoms with E-state index in [-0.39, 0.29) is 17.2 Å². The van der Waals surface area contributed by atoms with Gasteiger partial charge in [0.1, 0.15) is 0 Å². The highest BCUT2D eigenvalue weighted by molar-refractivity contribution is 7.99. The van der Waals surface area contributed by atoms with Crippen LogP contribution in [0.15, 0.2) is 58.8 Å². The van der Waals surface area contributed by atoms with E-state index in [0.717, 1.165) is 17.0 Å². The third-order valence-corrected chi connectivity index (χ3v) is 5.22. The van der Waals surface area contributed by atoms with Crippen LogP contribution < -0.4 is 10.5 Å². The van der Waals surface area contributed by atoms with E-state index < -0.39 is 5.97 Å². The molecule has 0 aliphatic heterocycles. The van der Waals surface area contributed by atoms with Gasteiger partial charge in [0.25, 0.3) is 5.91 Å². The van der Waals surface area contributed by atoms with Crippen LogP contribution in [0.4, 0.5) is 0 Å². The Bertz CT molecular complexity index is 1080. The molecule has 0 bridgehead atoms. The molecule has 0 saturated heterocycles. The highest BCUT2D eigenvalue weighted by atomic mass is 32.2. The molecule has 0 aliphatic rings. The number of hydrazone groups is 1. The fourth-order valence-electron chi connectivity index (χ4n) is 2.73. The lowest BCUT2D eigenvalue weighted by molar-refractivity contribution is -0.255. The van der Waals surface area contributed by atoms with E-state index in [4.69, 9.17) is 0 Å². The minimum atomic E-state index is -1.30. The maximum atomic E-state index is 12.1. The third kappa shape index (κ3) is 5.12. The second-order valence-electron chi connectivity index (χ2n) is 6.37. The number of rotatable bonds is 8. The Kier molecular flexibility index (Phi) is 6.97. The average molecular weight is 422 g/mol. The number of carbonyl (C=O) groups excluding carboxylic acids is 2. The number of benzene rings is 2. The van der Waals surface area contributed by atoms with Gasteiger partial charge in [0.2, 0.25) is 0 Å². The monoisotopic (exact) mass is 422 g/mol. The van der Waals surface area contributed by atoms with Gasteiger partial charge >= 0.3 is 0 Å². The van der Waals surface area contributed by atoms with E-state index in [2.05, 4.69) is 20.7 Å². The second kappa shape index (κ2) is 9.84. The van der Waals surface area contributed by atoms with Crippen molar-refractivity contribution in [3.63, 3.8) is 0 Å². The Balaban J connectivity index is 1.61. The molecule has 0 radical (unpaired) electrons. The molecule has 30 heavy (non-hydrogen) atoms. The first-order valence-electron chi connectivity index (χ1n) is 9.25. The predicted molar refractivity (Wildman–Crippen MR) is 113 cm³/mol. The molecule has 0 saturated carbocycles. The van der Waals surface area contributed by atoms with Crippen LogP contribution in [0.1, 0.15) is 28.4 Å². The van der Waals surface area contributed by atoms with Crippen molar-refractivity contribution < 1.29 is 14.7 Å². The average Bonchev–Trinajstić information content (AvgIpc) is 3.16. The molecule has 9 heteroatoms. The zero-order chi connectivity index (χ0) is 21.5. The largest absolute Gasteiger partial charge is 0.545 e. The highest BCUT2D eigenvalue weighted by Crippen LogP contribution is 2.24. The molecule has 1 N–H and O–H groups in total. The molecule has 154 valence electrons. The molecular formula is C21H20N5O3S-. The molecule has 0 atom stereocenters. The number of carbonyl (C=O) groups is 2. The maximum Gasteiger partial charge on any atom is 0.250 e. The molecule has 0 fully saturated rings. The van der Waals surface area contributed by atoms with Gasteiger partial charge in [-0.15, -0.1) is 10.2 Å². The van der Waals surface area contributed by atoms with E-state index >= 15 is 0 Å². The van der Waals surface area contributed by atoms with Crippen molar-refractivity contribution in [2.75, 3.05) is 5.75 Å². The smallest absolute Gasteiger partial charge is 0.250 e. The highest BCUT2D eigenvalue weighted by Gasteiger charge is 2.14. The number of carboxylic acids is 1. The number of carboxylic acid groups (broad SMARTS) is 1. The van der Waals surface area contributed by atoms with Crippen molar-refractivity contribution in [3.8, 4) is 11.4 Å². The summed E-state index contributed by atoms with van der Waals surface area (Å²) in [6, 6.07) is 14.3.